The predicted molar refractivity (Wildman–Crippen MR) is 55.0 cm³/mol. The van der Waals surface area contributed by atoms with Crippen LogP contribution in [0.15, 0.2) is 0 Å². The SMILES string of the molecule is CCC(C)(OC)C(=O)NCCCCO. The number of carbonyl (C=O) groups excluding carboxylic acids is 1. The molecular weight excluding hydrogens is 182 g/mol. The van der Waals surface area contributed by atoms with Crippen LogP contribution >= 0.6 is 0 Å². The lowest BCUT2D eigenvalue weighted by Crippen LogP contribution is -2.45. The van der Waals surface area contributed by atoms with E-state index >= 15 is 0 Å². The van der Waals surface area contributed by atoms with Crippen molar-refractivity contribution in [1.82, 2.24) is 5.32 Å². The molecule has 0 aliphatic heterocycles. The zero-order valence-corrected chi connectivity index (χ0v) is 9.30. The fourth-order valence-electron chi connectivity index (χ4n) is 1.02. The third-order valence-electron chi connectivity index (χ3n) is 2.48. The Morgan fingerprint density at radius 2 is 2.14 bits per heavy atom. The number of nitrogens with one attached hydrogen (secondary N) is 1. The summed E-state index contributed by atoms with van der Waals surface area (Å²) in [4.78, 5) is 11.6. The molecule has 0 aromatic carbocycles. The molecule has 0 heterocycles. The molecule has 0 fully saturated rings. The summed E-state index contributed by atoms with van der Waals surface area (Å²) in [7, 11) is 1.54. The molecule has 4 nitrogen and oxygen atoms in total. The third kappa shape index (κ3) is 4.07. The first kappa shape index (κ1) is 13.4. The number of aliphatic hydroxyl groups is 1. The van der Waals surface area contributed by atoms with Crippen LogP contribution < -0.4 is 5.32 Å². The first-order valence-corrected chi connectivity index (χ1v) is 5.05. The van der Waals surface area contributed by atoms with E-state index in [1.54, 1.807) is 6.92 Å². The molecule has 1 atom stereocenters. The summed E-state index contributed by atoms with van der Waals surface area (Å²) in [6.07, 6.45) is 2.16. The second kappa shape index (κ2) is 6.79. The highest BCUT2D eigenvalue weighted by molar-refractivity contribution is 5.84. The van der Waals surface area contributed by atoms with Crippen LogP contribution in [0.25, 0.3) is 0 Å². The number of rotatable bonds is 7. The van der Waals surface area contributed by atoms with Crippen molar-refractivity contribution in [2.75, 3.05) is 20.3 Å². The number of methoxy groups -OCH3 is 1. The van der Waals surface area contributed by atoms with E-state index in [-0.39, 0.29) is 12.5 Å². The highest BCUT2D eigenvalue weighted by atomic mass is 16.5. The number of hydrogen-bond donors (Lipinski definition) is 2. The van der Waals surface area contributed by atoms with Crippen LogP contribution in [0.1, 0.15) is 33.1 Å². The molecule has 0 aliphatic rings. The van der Waals surface area contributed by atoms with Gasteiger partial charge < -0.3 is 15.2 Å². The summed E-state index contributed by atoms with van der Waals surface area (Å²) < 4.78 is 5.14. The Kier molecular flexibility index (Phi) is 6.49. The predicted octanol–water partition coefficient (Wildman–Crippen LogP) is 0.690. The summed E-state index contributed by atoms with van der Waals surface area (Å²) in [5.41, 5.74) is -0.723. The largest absolute Gasteiger partial charge is 0.396 e. The molecule has 0 aromatic heterocycles. The van der Waals surface area contributed by atoms with Crippen molar-refractivity contribution in [2.45, 2.75) is 38.7 Å². The van der Waals surface area contributed by atoms with E-state index in [0.717, 1.165) is 12.8 Å². The van der Waals surface area contributed by atoms with Crippen LogP contribution in [0.5, 0.6) is 0 Å². The minimum Gasteiger partial charge on any atom is -0.396 e. The topological polar surface area (TPSA) is 58.6 Å². The van der Waals surface area contributed by atoms with E-state index in [4.69, 9.17) is 9.84 Å². The normalized spacial score (nSPS) is 14.9. The molecule has 4 heteroatoms. The first-order valence-electron chi connectivity index (χ1n) is 5.05. The Hall–Kier alpha value is -0.610. The van der Waals surface area contributed by atoms with E-state index in [1.807, 2.05) is 6.92 Å². The minimum atomic E-state index is -0.723. The molecule has 0 aliphatic carbocycles. The van der Waals surface area contributed by atoms with Gasteiger partial charge in [0.15, 0.2) is 0 Å². The second-order valence-electron chi connectivity index (χ2n) is 3.48. The van der Waals surface area contributed by atoms with Gasteiger partial charge in [0, 0.05) is 20.3 Å². The van der Waals surface area contributed by atoms with Crippen LogP contribution in [0.2, 0.25) is 0 Å². The van der Waals surface area contributed by atoms with E-state index in [1.165, 1.54) is 7.11 Å². The second-order valence-corrected chi connectivity index (χ2v) is 3.48. The number of amides is 1. The van der Waals surface area contributed by atoms with Crippen molar-refractivity contribution in [3.05, 3.63) is 0 Å². The molecule has 1 unspecified atom stereocenters. The zero-order chi connectivity index (χ0) is 11.0. The molecule has 2 N–H and O–H groups in total. The average molecular weight is 203 g/mol. The van der Waals surface area contributed by atoms with Gasteiger partial charge in [-0.15, -0.1) is 0 Å². The molecule has 0 rings (SSSR count). The molecule has 0 saturated carbocycles. The van der Waals surface area contributed by atoms with Gasteiger partial charge in [-0.1, -0.05) is 6.92 Å². The van der Waals surface area contributed by atoms with E-state index < -0.39 is 5.60 Å². The van der Waals surface area contributed by atoms with Gasteiger partial charge >= 0.3 is 0 Å². The van der Waals surface area contributed by atoms with Crippen molar-refractivity contribution in [3.8, 4) is 0 Å². The Morgan fingerprint density at radius 3 is 2.57 bits per heavy atom. The maximum Gasteiger partial charge on any atom is 0.251 e. The Morgan fingerprint density at radius 1 is 1.50 bits per heavy atom. The smallest absolute Gasteiger partial charge is 0.251 e. The monoisotopic (exact) mass is 203 g/mol. The van der Waals surface area contributed by atoms with Gasteiger partial charge in [-0.3, -0.25) is 4.79 Å². The maximum atomic E-state index is 11.6. The standard InChI is InChI=1S/C10H21NO3/c1-4-10(2,14-3)9(13)11-7-5-6-8-12/h12H,4-8H2,1-3H3,(H,11,13). The van der Waals surface area contributed by atoms with Gasteiger partial charge in [-0.25, -0.2) is 0 Å². The molecule has 84 valence electrons. The number of ether oxygens (including phenoxy) is 1. The van der Waals surface area contributed by atoms with E-state index in [2.05, 4.69) is 5.32 Å². The molecule has 1 amide bonds. The molecule has 14 heavy (non-hydrogen) atoms. The maximum absolute atomic E-state index is 11.6. The lowest BCUT2D eigenvalue weighted by atomic mass is 10.0. The first-order chi connectivity index (χ1) is 6.60. The van der Waals surface area contributed by atoms with Crippen LogP contribution in [0.4, 0.5) is 0 Å². The van der Waals surface area contributed by atoms with Crippen LogP contribution in [-0.4, -0.2) is 36.9 Å². The molecule has 0 radical (unpaired) electrons. The van der Waals surface area contributed by atoms with Gasteiger partial charge in [-0.05, 0) is 26.2 Å². The average Bonchev–Trinajstić information content (AvgIpc) is 2.22. The lowest BCUT2D eigenvalue weighted by molar-refractivity contribution is -0.141. The van der Waals surface area contributed by atoms with E-state index in [0.29, 0.717) is 13.0 Å². The van der Waals surface area contributed by atoms with Gasteiger partial charge in [0.05, 0.1) is 0 Å². The highest BCUT2D eigenvalue weighted by Gasteiger charge is 2.30. The van der Waals surface area contributed by atoms with Crippen molar-refractivity contribution in [3.63, 3.8) is 0 Å². The lowest BCUT2D eigenvalue weighted by Gasteiger charge is -2.25. The van der Waals surface area contributed by atoms with Crippen molar-refractivity contribution >= 4 is 5.91 Å². The van der Waals surface area contributed by atoms with Gasteiger partial charge in [-0.2, -0.15) is 0 Å². The molecule has 0 spiro atoms. The van der Waals surface area contributed by atoms with Crippen LogP contribution in [0.3, 0.4) is 0 Å². The third-order valence-corrected chi connectivity index (χ3v) is 2.48. The van der Waals surface area contributed by atoms with Gasteiger partial charge in [0.2, 0.25) is 0 Å². The number of hydrogen-bond acceptors (Lipinski definition) is 3. The van der Waals surface area contributed by atoms with Crippen molar-refractivity contribution in [1.29, 1.82) is 0 Å². The van der Waals surface area contributed by atoms with Crippen LogP contribution in [-0.2, 0) is 9.53 Å². The Balaban J connectivity index is 3.82. The highest BCUT2D eigenvalue weighted by Crippen LogP contribution is 2.13. The summed E-state index contributed by atoms with van der Waals surface area (Å²) in [6.45, 7) is 4.45. The molecule has 0 bridgehead atoms. The van der Waals surface area contributed by atoms with E-state index in [9.17, 15) is 4.79 Å². The number of unbranched alkanes of at least 4 members (excludes halogenated alkanes) is 1. The summed E-state index contributed by atoms with van der Waals surface area (Å²) in [5.74, 6) is -0.0829. The van der Waals surface area contributed by atoms with Gasteiger partial charge in [0.1, 0.15) is 5.60 Å². The zero-order valence-electron chi connectivity index (χ0n) is 9.30. The molecule has 0 aromatic rings. The Labute approximate surface area is 85.6 Å². The quantitative estimate of drug-likeness (QED) is 0.598. The number of carbonyl (C=O) groups is 1. The van der Waals surface area contributed by atoms with Crippen LogP contribution in [0, 0.1) is 0 Å². The summed E-state index contributed by atoms with van der Waals surface area (Å²) >= 11 is 0. The number of aliphatic hydroxyl groups excluding tert-OH is 1. The van der Waals surface area contributed by atoms with Gasteiger partial charge in [0.25, 0.3) is 5.91 Å². The fraction of sp³-hybridized carbons (Fsp3) is 0.900. The van der Waals surface area contributed by atoms with Crippen molar-refractivity contribution < 1.29 is 14.6 Å². The summed E-state index contributed by atoms with van der Waals surface area (Å²) in [5, 5.41) is 11.3. The molecule has 0 saturated heterocycles. The minimum absolute atomic E-state index is 0.0829. The van der Waals surface area contributed by atoms with Crippen molar-refractivity contribution in [2.24, 2.45) is 0 Å². The fourth-order valence-corrected chi connectivity index (χ4v) is 1.02. The Bertz CT molecular complexity index is 167. The molecular formula is C10H21NO3. The summed E-state index contributed by atoms with van der Waals surface area (Å²) in [6, 6.07) is 0.